The van der Waals surface area contributed by atoms with E-state index < -0.39 is 5.91 Å². The Morgan fingerprint density at radius 3 is 2.37 bits per heavy atom. The predicted octanol–water partition coefficient (Wildman–Crippen LogP) is 4.56. The number of rotatable bonds is 2. The second-order valence-electron chi connectivity index (χ2n) is 3.77. The minimum Gasteiger partial charge on any atom is -0.507 e. The monoisotopic (exact) mass is 407 g/mol. The van der Waals surface area contributed by atoms with E-state index in [9.17, 15) is 9.90 Å². The van der Waals surface area contributed by atoms with E-state index in [2.05, 4.69) is 27.9 Å². The van der Waals surface area contributed by atoms with Gasteiger partial charge in [0.2, 0.25) is 0 Å². The molecule has 0 aliphatic carbocycles. The second-order valence-corrected chi connectivity index (χ2v) is 5.89. The van der Waals surface area contributed by atoms with Gasteiger partial charge >= 0.3 is 0 Å². The van der Waals surface area contributed by atoms with Crippen LogP contribution in [0.4, 0.5) is 5.69 Å². The molecule has 2 aromatic rings. The molecule has 0 spiro atoms. The van der Waals surface area contributed by atoms with Crippen LogP contribution < -0.4 is 5.32 Å². The molecule has 2 rings (SSSR count). The van der Waals surface area contributed by atoms with Gasteiger partial charge in [-0.2, -0.15) is 0 Å². The number of hydrogen-bond donors (Lipinski definition) is 2. The van der Waals surface area contributed by atoms with E-state index in [0.29, 0.717) is 15.7 Å². The second kappa shape index (κ2) is 5.98. The number of aromatic hydroxyl groups is 1. The molecule has 0 heterocycles. The lowest BCUT2D eigenvalue weighted by Gasteiger charge is -2.08. The predicted molar refractivity (Wildman–Crippen MR) is 85.2 cm³/mol. The average Bonchev–Trinajstić information content (AvgIpc) is 2.30. The minimum absolute atomic E-state index is 0.0777. The van der Waals surface area contributed by atoms with Gasteiger partial charge < -0.3 is 10.4 Å². The quantitative estimate of drug-likeness (QED) is 0.717. The number of carbonyl (C=O) groups is 1. The summed E-state index contributed by atoms with van der Waals surface area (Å²) in [7, 11) is 0. The molecule has 0 saturated heterocycles. The van der Waals surface area contributed by atoms with Gasteiger partial charge in [-0.25, -0.2) is 0 Å². The van der Waals surface area contributed by atoms with Crippen molar-refractivity contribution in [3.8, 4) is 5.75 Å². The fourth-order valence-electron chi connectivity index (χ4n) is 1.51. The van der Waals surface area contributed by atoms with Crippen molar-refractivity contribution in [1.29, 1.82) is 0 Å². The van der Waals surface area contributed by atoms with Gasteiger partial charge in [0.1, 0.15) is 5.75 Å². The lowest BCUT2D eigenvalue weighted by molar-refractivity contribution is 0.102. The van der Waals surface area contributed by atoms with Gasteiger partial charge in [-0.15, -0.1) is 0 Å². The Morgan fingerprint density at radius 2 is 1.74 bits per heavy atom. The average molecular weight is 408 g/mol. The molecule has 1 amide bonds. The fourth-order valence-corrected chi connectivity index (χ4v) is 2.53. The minimum atomic E-state index is -0.422. The van der Waals surface area contributed by atoms with Gasteiger partial charge in [0.25, 0.3) is 5.91 Å². The highest BCUT2D eigenvalue weighted by molar-refractivity contribution is 14.1. The molecule has 0 aliphatic rings. The molecule has 0 fully saturated rings. The summed E-state index contributed by atoms with van der Waals surface area (Å²) in [6.07, 6.45) is 0. The van der Waals surface area contributed by atoms with Crippen LogP contribution in [0.25, 0.3) is 0 Å². The molecule has 19 heavy (non-hydrogen) atoms. The summed E-state index contributed by atoms with van der Waals surface area (Å²) in [5, 5.41) is 13.2. The molecule has 0 bridgehead atoms. The Hall–Kier alpha value is -0.980. The number of amides is 1. The lowest BCUT2D eigenvalue weighted by Crippen LogP contribution is -2.12. The molecule has 0 aliphatic heterocycles. The summed E-state index contributed by atoms with van der Waals surface area (Å²) in [6.45, 7) is 0. The maximum Gasteiger partial charge on any atom is 0.259 e. The maximum atomic E-state index is 12.0. The smallest absolute Gasteiger partial charge is 0.259 e. The van der Waals surface area contributed by atoms with Gasteiger partial charge in [0.05, 0.1) is 5.56 Å². The van der Waals surface area contributed by atoms with Crippen molar-refractivity contribution in [1.82, 2.24) is 0 Å². The lowest BCUT2D eigenvalue weighted by atomic mass is 10.2. The third kappa shape index (κ3) is 3.75. The molecule has 0 saturated carbocycles. The Morgan fingerprint density at radius 1 is 1.11 bits per heavy atom. The topological polar surface area (TPSA) is 49.3 Å². The van der Waals surface area contributed by atoms with E-state index in [4.69, 9.17) is 23.2 Å². The third-order valence-electron chi connectivity index (χ3n) is 2.32. The SMILES string of the molecule is O=C(Nc1cc(Cl)cc(Cl)c1)c1cc(I)ccc1O. The zero-order valence-corrected chi connectivity index (χ0v) is 13.1. The molecule has 0 unspecified atom stereocenters. The van der Waals surface area contributed by atoms with E-state index >= 15 is 0 Å². The van der Waals surface area contributed by atoms with Crippen LogP contribution >= 0.6 is 45.8 Å². The van der Waals surface area contributed by atoms with Crippen LogP contribution in [0.2, 0.25) is 10.0 Å². The summed E-state index contributed by atoms with van der Waals surface area (Å²) in [4.78, 5) is 12.0. The van der Waals surface area contributed by atoms with Crippen LogP contribution in [0.1, 0.15) is 10.4 Å². The first-order valence-corrected chi connectivity index (χ1v) is 7.05. The van der Waals surface area contributed by atoms with E-state index in [1.165, 1.54) is 6.07 Å². The first-order chi connectivity index (χ1) is 8.95. The van der Waals surface area contributed by atoms with Gasteiger partial charge in [-0.3, -0.25) is 4.79 Å². The highest BCUT2D eigenvalue weighted by Crippen LogP contribution is 2.25. The molecule has 0 atom stereocenters. The molecule has 98 valence electrons. The van der Waals surface area contributed by atoms with Gasteiger partial charge in [-0.1, -0.05) is 23.2 Å². The summed E-state index contributed by atoms with van der Waals surface area (Å²) in [5.41, 5.74) is 0.670. The van der Waals surface area contributed by atoms with Crippen LogP contribution in [-0.2, 0) is 0 Å². The number of benzene rings is 2. The molecule has 0 radical (unpaired) electrons. The number of nitrogens with one attached hydrogen (secondary N) is 1. The summed E-state index contributed by atoms with van der Waals surface area (Å²) >= 11 is 13.8. The van der Waals surface area contributed by atoms with Crippen molar-refractivity contribution in [2.24, 2.45) is 0 Å². The number of phenolic OH excluding ortho intramolecular Hbond substituents is 1. The largest absolute Gasteiger partial charge is 0.507 e. The third-order valence-corrected chi connectivity index (χ3v) is 3.43. The molecule has 2 aromatic carbocycles. The molecular weight excluding hydrogens is 400 g/mol. The van der Waals surface area contributed by atoms with Crippen LogP contribution in [0, 0.1) is 3.57 Å². The molecular formula is C13H8Cl2INO2. The highest BCUT2D eigenvalue weighted by atomic mass is 127. The normalized spacial score (nSPS) is 10.3. The number of phenols is 1. The first kappa shape index (κ1) is 14.4. The Bertz CT molecular complexity index is 626. The van der Waals surface area contributed by atoms with Crippen LogP contribution in [0.5, 0.6) is 5.75 Å². The number of hydrogen-bond acceptors (Lipinski definition) is 2. The van der Waals surface area contributed by atoms with Crippen molar-refractivity contribution >= 4 is 57.4 Å². The van der Waals surface area contributed by atoms with Crippen LogP contribution in [0.15, 0.2) is 36.4 Å². The Labute approximate surface area is 133 Å². The van der Waals surface area contributed by atoms with Crippen molar-refractivity contribution < 1.29 is 9.90 Å². The van der Waals surface area contributed by atoms with Gasteiger partial charge in [0.15, 0.2) is 0 Å². The van der Waals surface area contributed by atoms with Crippen molar-refractivity contribution in [2.75, 3.05) is 5.32 Å². The maximum absolute atomic E-state index is 12.0. The van der Waals surface area contributed by atoms with Crippen LogP contribution in [-0.4, -0.2) is 11.0 Å². The van der Waals surface area contributed by atoms with Crippen molar-refractivity contribution in [3.63, 3.8) is 0 Å². The summed E-state index contributed by atoms with van der Waals surface area (Å²) < 4.78 is 0.852. The zero-order chi connectivity index (χ0) is 14.0. The van der Waals surface area contributed by atoms with Crippen molar-refractivity contribution in [3.05, 3.63) is 55.6 Å². The van der Waals surface area contributed by atoms with Crippen molar-refractivity contribution in [2.45, 2.75) is 0 Å². The Kier molecular flexibility index (Phi) is 4.54. The van der Waals surface area contributed by atoms with E-state index in [-0.39, 0.29) is 11.3 Å². The number of halogens is 3. The fraction of sp³-hybridized carbons (Fsp3) is 0. The highest BCUT2D eigenvalue weighted by Gasteiger charge is 2.12. The molecule has 0 aromatic heterocycles. The van der Waals surface area contributed by atoms with Gasteiger partial charge in [-0.05, 0) is 59.0 Å². The number of anilines is 1. The molecule has 6 heteroatoms. The Balaban J connectivity index is 2.28. The first-order valence-electron chi connectivity index (χ1n) is 5.21. The van der Waals surface area contributed by atoms with E-state index in [0.717, 1.165) is 3.57 Å². The molecule has 3 nitrogen and oxygen atoms in total. The zero-order valence-electron chi connectivity index (χ0n) is 9.45. The summed E-state index contributed by atoms with van der Waals surface area (Å²) in [5.74, 6) is -0.500. The standard InChI is InChI=1S/C13H8Cl2INO2/c14-7-3-8(15)5-10(4-7)17-13(19)11-6-9(16)1-2-12(11)18/h1-6,18H,(H,17,19). The van der Waals surface area contributed by atoms with E-state index in [1.54, 1.807) is 30.3 Å². The number of carbonyl (C=O) groups excluding carboxylic acids is 1. The molecule has 2 N–H and O–H groups in total. The van der Waals surface area contributed by atoms with Crippen LogP contribution in [0.3, 0.4) is 0 Å². The van der Waals surface area contributed by atoms with E-state index in [1.807, 2.05) is 0 Å². The van der Waals surface area contributed by atoms with Gasteiger partial charge in [0, 0.05) is 19.3 Å². The summed E-state index contributed by atoms with van der Waals surface area (Å²) in [6, 6.07) is 9.51.